The molecule has 1 aromatic heterocycles. The molecule has 1 heterocycles. The minimum atomic E-state index is -3.80. The van der Waals surface area contributed by atoms with Crippen LogP contribution < -0.4 is 16.2 Å². The van der Waals surface area contributed by atoms with E-state index in [0.717, 1.165) is 0 Å². The standard InChI is InChI=1S/C12H17N3O5S/c1-7(16)9(13)6-14-21(18,19)8-3-4-10-11(5-8)20-12(17)15(10)2/h3-5,7,9,14,16H,6,13H2,1-2H3. The Hall–Kier alpha value is -1.68. The van der Waals surface area contributed by atoms with Gasteiger partial charge >= 0.3 is 5.76 Å². The van der Waals surface area contributed by atoms with Crippen molar-refractivity contribution in [3.8, 4) is 0 Å². The average Bonchev–Trinajstić information content (AvgIpc) is 2.71. The monoisotopic (exact) mass is 315 g/mol. The van der Waals surface area contributed by atoms with Crippen molar-refractivity contribution in [1.29, 1.82) is 0 Å². The van der Waals surface area contributed by atoms with E-state index >= 15 is 0 Å². The summed E-state index contributed by atoms with van der Waals surface area (Å²) in [7, 11) is -2.27. The molecule has 0 saturated carbocycles. The lowest BCUT2D eigenvalue weighted by molar-refractivity contribution is 0.164. The molecule has 2 unspecified atom stereocenters. The second-order valence-electron chi connectivity index (χ2n) is 4.81. The maximum absolute atomic E-state index is 12.1. The van der Waals surface area contributed by atoms with E-state index in [4.69, 9.17) is 10.2 Å². The third kappa shape index (κ3) is 3.16. The Morgan fingerprint density at radius 2 is 2.14 bits per heavy atom. The lowest BCUT2D eigenvalue weighted by atomic mass is 10.2. The Balaban J connectivity index is 2.30. The number of hydrogen-bond acceptors (Lipinski definition) is 6. The van der Waals surface area contributed by atoms with Gasteiger partial charge in [-0.1, -0.05) is 0 Å². The Morgan fingerprint density at radius 1 is 1.48 bits per heavy atom. The average molecular weight is 315 g/mol. The van der Waals surface area contributed by atoms with Crippen LogP contribution >= 0.6 is 0 Å². The zero-order valence-electron chi connectivity index (χ0n) is 11.6. The van der Waals surface area contributed by atoms with Crippen LogP contribution in [0.2, 0.25) is 0 Å². The summed E-state index contributed by atoms with van der Waals surface area (Å²) in [6.45, 7) is 1.38. The molecule has 4 N–H and O–H groups in total. The summed E-state index contributed by atoms with van der Waals surface area (Å²) in [5, 5.41) is 9.25. The van der Waals surface area contributed by atoms with Crippen molar-refractivity contribution in [3.63, 3.8) is 0 Å². The third-order valence-corrected chi connectivity index (χ3v) is 4.62. The normalized spacial score (nSPS) is 15.2. The summed E-state index contributed by atoms with van der Waals surface area (Å²) in [6.07, 6.45) is -0.831. The summed E-state index contributed by atoms with van der Waals surface area (Å²) < 4.78 is 32.8. The molecule has 0 aliphatic heterocycles. The van der Waals surface area contributed by atoms with Gasteiger partial charge in [0, 0.05) is 25.7 Å². The van der Waals surface area contributed by atoms with Crippen LogP contribution in [0.3, 0.4) is 0 Å². The number of aromatic nitrogens is 1. The molecule has 0 bridgehead atoms. The maximum Gasteiger partial charge on any atom is 0.419 e. The second kappa shape index (κ2) is 5.60. The lowest BCUT2D eigenvalue weighted by Crippen LogP contribution is -2.43. The predicted octanol–water partition coefficient (Wildman–Crippen LogP) is -0.882. The number of aliphatic hydroxyl groups excluding tert-OH is 1. The lowest BCUT2D eigenvalue weighted by Gasteiger charge is -2.15. The number of rotatable bonds is 5. The van der Waals surface area contributed by atoms with Gasteiger partial charge in [0.15, 0.2) is 5.58 Å². The molecule has 2 rings (SSSR count). The summed E-state index contributed by atoms with van der Waals surface area (Å²) >= 11 is 0. The van der Waals surface area contributed by atoms with Crippen molar-refractivity contribution >= 4 is 21.1 Å². The van der Waals surface area contributed by atoms with E-state index in [9.17, 15) is 18.3 Å². The Morgan fingerprint density at radius 3 is 2.76 bits per heavy atom. The van der Waals surface area contributed by atoms with Crippen LogP contribution in [0.1, 0.15) is 6.92 Å². The summed E-state index contributed by atoms with van der Waals surface area (Å²) in [4.78, 5) is 11.3. The molecule has 21 heavy (non-hydrogen) atoms. The van der Waals surface area contributed by atoms with Crippen LogP contribution in [0.4, 0.5) is 0 Å². The molecular formula is C12H17N3O5S. The number of benzene rings is 1. The fourth-order valence-electron chi connectivity index (χ4n) is 1.74. The zero-order valence-corrected chi connectivity index (χ0v) is 12.4. The number of nitrogens with zero attached hydrogens (tertiary/aromatic N) is 1. The van der Waals surface area contributed by atoms with Gasteiger partial charge in [-0.25, -0.2) is 17.9 Å². The smallest absolute Gasteiger partial charge is 0.408 e. The van der Waals surface area contributed by atoms with Gasteiger partial charge in [-0.3, -0.25) is 4.57 Å². The van der Waals surface area contributed by atoms with E-state index in [-0.39, 0.29) is 17.0 Å². The first kappa shape index (κ1) is 15.7. The van der Waals surface area contributed by atoms with E-state index < -0.39 is 27.9 Å². The highest BCUT2D eigenvalue weighted by Crippen LogP contribution is 2.17. The highest BCUT2D eigenvalue weighted by Gasteiger charge is 2.19. The quantitative estimate of drug-likeness (QED) is 0.657. The topological polar surface area (TPSA) is 128 Å². The van der Waals surface area contributed by atoms with E-state index in [1.807, 2.05) is 0 Å². The van der Waals surface area contributed by atoms with Gasteiger partial charge in [0.1, 0.15) is 0 Å². The summed E-state index contributed by atoms with van der Waals surface area (Å²) in [5.41, 5.74) is 6.26. The molecule has 2 atom stereocenters. The minimum absolute atomic E-state index is 0.0397. The van der Waals surface area contributed by atoms with Crippen LogP contribution in [-0.2, 0) is 17.1 Å². The van der Waals surface area contributed by atoms with Crippen molar-refractivity contribution in [2.24, 2.45) is 12.8 Å². The highest BCUT2D eigenvalue weighted by molar-refractivity contribution is 7.89. The van der Waals surface area contributed by atoms with Crippen LogP contribution in [0.25, 0.3) is 11.1 Å². The highest BCUT2D eigenvalue weighted by atomic mass is 32.2. The number of sulfonamides is 1. The van der Waals surface area contributed by atoms with E-state index in [0.29, 0.717) is 5.52 Å². The number of oxazole rings is 1. The van der Waals surface area contributed by atoms with Gasteiger partial charge in [-0.05, 0) is 19.1 Å². The van der Waals surface area contributed by atoms with Gasteiger partial charge in [0.05, 0.1) is 16.5 Å². The van der Waals surface area contributed by atoms with Gasteiger partial charge in [0.2, 0.25) is 10.0 Å². The maximum atomic E-state index is 12.1. The van der Waals surface area contributed by atoms with Crippen LogP contribution in [0.15, 0.2) is 32.3 Å². The zero-order chi connectivity index (χ0) is 15.8. The minimum Gasteiger partial charge on any atom is -0.408 e. The Kier molecular flexibility index (Phi) is 4.19. The number of aryl methyl sites for hydroxylation is 1. The van der Waals surface area contributed by atoms with Gasteiger partial charge in [-0.2, -0.15) is 0 Å². The van der Waals surface area contributed by atoms with Crippen LogP contribution in [0.5, 0.6) is 0 Å². The number of nitrogens with two attached hydrogens (primary N) is 1. The molecule has 116 valence electrons. The fourth-order valence-corrected chi connectivity index (χ4v) is 2.83. The molecule has 0 radical (unpaired) electrons. The van der Waals surface area contributed by atoms with E-state index in [1.165, 1.54) is 36.7 Å². The van der Waals surface area contributed by atoms with Crippen molar-refractivity contribution in [2.75, 3.05) is 6.54 Å². The van der Waals surface area contributed by atoms with Crippen LogP contribution in [-0.4, -0.2) is 36.8 Å². The molecular weight excluding hydrogens is 298 g/mol. The molecule has 0 spiro atoms. The van der Waals surface area contributed by atoms with Crippen molar-refractivity contribution in [1.82, 2.24) is 9.29 Å². The molecule has 2 aromatic rings. The number of hydrogen-bond donors (Lipinski definition) is 3. The van der Waals surface area contributed by atoms with Crippen molar-refractivity contribution in [3.05, 3.63) is 28.7 Å². The third-order valence-electron chi connectivity index (χ3n) is 3.20. The molecule has 0 aliphatic rings. The first-order valence-corrected chi connectivity index (χ1v) is 7.73. The van der Waals surface area contributed by atoms with Gasteiger partial charge < -0.3 is 15.3 Å². The molecule has 0 saturated heterocycles. The molecule has 1 aromatic carbocycles. The Labute approximate surface area is 121 Å². The molecule has 8 nitrogen and oxygen atoms in total. The molecule has 0 fully saturated rings. The van der Waals surface area contributed by atoms with Crippen molar-refractivity contribution < 1.29 is 17.9 Å². The molecule has 0 aliphatic carbocycles. The van der Waals surface area contributed by atoms with Gasteiger partial charge in [0.25, 0.3) is 0 Å². The number of nitrogens with one attached hydrogen (secondary N) is 1. The number of fused-ring (bicyclic) bond motifs is 1. The van der Waals surface area contributed by atoms with Gasteiger partial charge in [-0.15, -0.1) is 0 Å². The predicted molar refractivity (Wildman–Crippen MR) is 76.3 cm³/mol. The van der Waals surface area contributed by atoms with E-state index in [1.54, 1.807) is 0 Å². The molecule has 9 heteroatoms. The first-order chi connectivity index (χ1) is 9.72. The summed E-state index contributed by atoms with van der Waals surface area (Å²) in [5.74, 6) is -0.566. The SMILES string of the molecule is CC(O)C(N)CNS(=O)(=O)c1ccc2c(c1)oc(=O)n2C. The second-order valence-corrected chi connectivity index (χ2v) is 6.58. The Bertz CT molecular complexity index is 806. The number of aliphatic hydroxyl groups is 1. The molecule has 0 amide bonds. The summed E-state index contributed by atoms with van der Waals surface area (Å²) in [6, 6.07) is 3.42. The fraction of sp³-hybridized carbons (Fsp3) is 0.417. The first-order valence-electron chi connectivity index (χ1n) is 6.25. The van der Waals surface area contributed by atoms with Crippen molar-refractivity contribution in [2.45, 2.75) is 24.0 Å². The van der Waals surface area contributed by atoms with Crippen LogP contribution in [0, 0.1) is 0 Å². The van der Waals surface area contributed by atoms with E-state index in [2.05, 4.69) is 4.72 Å². The largest absolute Gasteiger partial charge is 0.419 e.